The molecule has 2 rings (SSSR count). The Kier molecular flexibility index (Phi) is 4.05. The topological polar surface area (TPSA) is 44.4 Å². The predicted molar refractivity (Wildman–Crippen MR) is 68.9 cm³/mol. The van der Waals surface area contributed by atoms with Crippen molar-refractivity contribution in [3.8, 4) is 0 Å². The summed E-state index contributed by atoms with van der Waals surface area (Å²) in [5.74, 6) is 0.273. The standard InChI is InChI=1S/C13H25N3O/c1-3-13(6-7-14-10-13)15-9-12(17)16-8-4-5-11(16)2/h11,14-15H,3-10H2,1-2H3/t11-,13-/m1/s1. The Labute approximate surface area is 104 Å². The second-order valence-electron chi connectivity index (χ2n) is 5.49. The summed E-state index contributed by atoms with van der Waals surface area (Å²) in [7, 11) is 0. The Bertz CT molecular complexity index is 274. The summed E-state index contributed by atoms with van der Waals surface area (Å²) in [6.07, 6.45) is 4.54. The van der Waals surface area contributed by atoms with Crippen LogP contribution in [-0.4, -0.2) is 48.6 Å². The molecule has 17 heavy (non-hydrogen) atoms. The first-order valence-electron chi connectivity index (χ1n) is 6.92. The average molecular weight is 239 g/mol. The Morgan fingerprint density at radius 2 is 2.41 bits per heavy atom. The van der Waals surface area contributed by atoms with Crippen molar-refractivity contribution in [2.75, 3.05) is 26.2 Å². The maximum atomic E-state index is 12.1. The van der Waals surface area contributed by atoms with E-state index < -0.39 is 0 Å². The van der Waals surface area contributed by atoms with Crippen LogP contribution in [0.1, 0.15) is 39.5 Å². The SMILES string of the molecule is CC[C@@]1(NCC(=O)N2CCC[C@H]2C)CCNC1. The summed E-state index contributed by atoms with van der Waals surface area (Å²) >= 11 is 0. The summed E-state index contributed by atoms with van der Waals surface area (Å²) in [6.45, 7) is 7.85. The van der Waals surface area contributed by atoms with Crippen LogP contribution in [0.4, 0.5) is 0 Å². The van der Waals surface area contributed by atoms with Gasteiger partial charge in [0.25, 0.3) is 0 Å². The number of nitrogens with one attached hydrogen (secondary N) is 2. The summed E-state index contributed by atoms with van der Waals surface area (Å²) in [5.41, 5.74) is 0.151. The van der Waals surface area contributed by atoms with Crippen LogP contribution in [0.2, 0.25) is 0 Å². The molecular formula is C13H25N3O. The van der Waals surface area contributed by atoms with Crippen molar-refractivity contribution in [2.45, 2.75) is 51.1 Å². The molecule has 2 fully saturated rings. The monoisotopic (exact) mass is 239 g/mol. The fraction of sp³-hybridized carbons (Fsp3) is 0.923. The molecule has 0 spiro atoms. The van der Waals surface area contributed by atoms with Gasteiger partial charge in [-0.05, 0) is 39.2 Å². The van der Waals surface area contributed by atoms with Gasteiger partial charge in [-0.1, -0.05) is 6.92 Å². The molecule has 0 bridgehead atoms. The van der Waals surface area contributed by atoms with Crippen molar-refractivity contribution in [3.63, 3.8) is 0 Å². The summed E-state index contributed by atoms with van der Waals surface area (Å²) in [5, 5.41) is 6.87. The molecule has 0 aliphatic carbocycles. The van der Waals surface area contributed by atoms with Crippen LogP contribution in [0, 0.1) is 0 Å². The number of hydrogen-bond donors (Lipinski definition) is 2. The molecule has 4 heteroatoms. The fourth-order valence-electron chi connectivity index (χ4n) is 2.99. The molecule has 2 N–H and O–H groups in total. The van der Waals surface area contributed by atoms with Crippen LogP contribution in [0.25, 0.3) is 0 Å². The first-order valence-corrected chi connectivity index (χ1v) is 6.92. The highest BCUT2D eigenvalue weighted by Gasteiger charge is 2.33. The summed E-state index contributed by atoms with van der Waals surface area (Å²) in [6, 6.07) is 0.434. The molecule has 2 aliphatic heterocycles. The number of nitrogens with zero attached hydrogens (tertiary/aromatic N) is 1. The van der Waals surface area contributed by atoms with Gasteiger partial charge in [-0.2, -0.15) is 0 Å². The van der Waals surface area contributed by atoms with Gasteiger partial charge in [-0.15, -0.1) is 0 Å². The van der Waals surface area contributed by atoms with Crippen molar-refractivity contribution < 1.29 is 4.79 Å². The van der Waals surface area contributed by atoms with Gasteiger partial charge in [0.1, 0.15) is 0 Å². The number of carbonyl (C=O) groups is 1. The summed E-state index contributed by atoms with van der Waals surface area (Å²) in [4.78, 5) is 14.1. The highest BCUT2D eigenvalue weighted by molar-refractivity contribution is 5.79. The maximum absolute atomic E-state index is 12.1. The van der Waals surface area contributed by atoms with Gasteiger partial charge in [0.15, 0.2) is 0 Å². The minimum absolute atomic E-state index is 0.151. The van der Waals surface area contributed by atoms with E-state index in [0.29, 0.717) is 12.6 Å². The zero-order valence-corrected chi connectivity index (χ0v) is 11.1. The Morgan fingerprint density at radius 1 is 1.59 bits per heavy atom. The molecule has 2 atom stereocenters. The molecule has 0 saturated carbocycles. The molecule has 0 unspecified atom stereocenters. The van der Waals surface area contributed by atoms with E-state index in [-0.39, 0.29) is 11.4 Å². The third kappa shape index (κ3) is 2.80. The number of rotatable bonds is 4. The molecule has 0 radical (unpaired) electrons. The fourth-order valence-corrected chi connectivity index (χ4v) is 2.99. The van der Waals surface area contributed by atoms with Crippen LogP contribution in [0.15, 0.2) is 0 Å². The van der Waals surface area contributed by atoms with Gasteiger partial charge >= 0.3 is 0 Å². The van der Waals surface area contributed by atoms with Gasteiger partial charge in [0.05, 0.1) is 6.54 Å². The van der Waals surface area contributed by atoms with Gasteiger partial charge in [0.2, 0.25) is 5.91 Å². The lowest BCUT2D eigenvalue weighted by atomic mass is 9.95. The molecule has 2 saturated heterocycles. The second-order valence-corrected chi connectivity index (χ2v) is 5.49. The van der Waals surface area contributed by atoms with Crippen LogP contribution < -0.4 is 10.6 Å². The van der Waals surface area contributed by atoms with Crippen molar-refractivity contribution in [2.24, 2.45) is 0 Å². The van der Waals surface area contributed by atoms with Crippen molar-refractivity contribution >= 4 is 5.91 Å². The van der Waals surface area contributed by atoms with Crippen LogP contribution >= 0.6 is 0 Å². The normalized spacial score (nSPS) is 33.3. The molecule has 2 heterocycles. The zero-order chi connectivity index (χ0) is 12.3. The average Bonchev–Trinajstić information content (AvgIpc) is 2.95. The van der Waals surface area contributed by atoms with E-state index in [1.807, 2.05) is 4.90 Å². The first-order chi connectivity index (χ1) is 8.17. The lowest BCUT2D eigenvalue weighted by Crippen LogP contribution is -2.51. The van der Waals surface area contributed by atoms with Crippen LogP contribution in [0.3, 0.4) is 0 Å². The van der Waals surface area contributed by atoms with Crippen molar-refractivity contribution in [1.82, 2.24) is 15.5 Å². The predicted octanol–water partition coefficient (Wildman–Crippen LogP) is 0.729. The third-order valence-electron chi connectivity index (χ3n) is 4.41. The largest absolute Gasteiger partial charge is 0.339 e. The highest BCUT2D eigenvalue weighted by Crippen LogP contribution is 2.19. The van der Waals surface area contributed by atoms with E-state index in [9.17, 15) is 4.79 Å². The maximum Gasteiger partial charge on any atom is 0.236 e. The van der Waals surface area contributed by atoms with E-state index in [0.717, 1.165) is 45.3 Å². The van der Waals surface area contributed by atoms with Crippen LogP contribution in [-0.2, 0) is 4.79 Å². The molecule has 0 aromatic carbocycles. The minimum atomic E-state index is 0.151. The molecule has 2 aliphatic rings. The minimum Gasteiger partial charge on any atom is -0.339 e. The molecule has 1 amide bonds. The number of hydrogen-bond acceptors (Lipinski definition) is 3. The first kappa shape index (κ1) is 12.8. The van der Waals surface area contributed by atoms with Crippen molar-refractivity contribution in [1.29, 1.82) is 0 Å². The Hall–Kier alpha value is -0.610. The molecular weight excluding hydrogens is 214 g/mol. The lowest BCUT2D eigenvalue weighted by molar-refractivity contribution is -0.131. The van der Waals surface area contributed by atoms with Gasteiger partial charge in [0, 0.05) is 24.7 Å². The Morgan fingerprint density at radius 3 is 2.94 bits per heavy atom. The number of amides is 1. The Balaban J connectivity index is 1.82. The quantitative estimate of drug-likeness (QED) is 0.760. The van der Waals surface area contributed by atoms with Gasteiger partial charge in [-0.25, -0.2) is 0 Å². The van der Waals surface area contributed by atoms with E-state index in [1.54, 1.807) is 0 Å². The second kappa shape index (κ2) is 5.36. The smallest absolute Gasteiger partial charge is 0.236 e. The number of likely N-dealkylation sites (tertiary alicyclic amines) is 1. The lowest BCUT2D eigenvalue weighted by Gasteiger charge is -2.30. The van der Waals surface area contributed by atoms with E-state index in [1.165, 1.54) is 0 Å². The van der Waals surface area contributed by atoms with E-state index in [2.05, 4.69) is 24.5 Å². The molecule has 4 nitrogen and oxygen atoms in total. The molecule has 0 aromatic heterocycles. The molecule has 98 valence electrons. The van der Waals surface area contributed by atoms with E-state index >= 15 is 0 Å². The van der Waals surface area contributed by atoms with Crippen molar-refractivity contribution in [3.05, 3.63) is 0 Å². The van der Waals surface area contributed by atoms with Gasteiger partial charge in [-0.3, -0.25) is 4.79 Å². The highest BCUT2D eigenvalue weighted by atomic mass is 16.2. The van der Waals surface area contributed by atoms with E-state index in [4.69, 9.17) is 0 Å². The third-order valence-corrected chi connectivity index (χ3v) is 4.41. The number of carbonyl (C=O) groups excluding carboxylic acids is 1. The molecule has 0 aromatic rings. The van der Waals surface area contributed by atoms with Crippen LogP contribution in [0.5, 0.6) is 0 Å². The van der Waals surface area contributed by atoms with Gasteiger partial charge < -0.3 is 15.5 Å². The summed E-state index contributed by atoms with van der Waals surface area (Å²) < 4.78 is 0. The zero-order valence-electron chi connectivity index (χ0n) is 11.1.